The molecule has 102 valence electrons. The number of benzene rings is 1. The third-order valence-electron chi connectivity index (χ3n) is 4.23. The molecule has 1 saturated heterocycles. The molecule has 1 N–H and O–H groups in total. The highest BCUT2D eigenvalue weighted by atomic mass is 16.2. The van der Waals surface area contributed by atoms with Crippen molar-refractivity contribution < 1.29 is 4.79 Å². The van der Waals surface area contributed by atoms with E-state index in [1.54, 1.807) is 0 Å². The zero-order valence-electron chi connectivity index (χ0n) is 11.6. The first kappa shape index (κ1) is 12.7. The Morgan fingerprint density at radius 3 is 3.00 bits per heavy atom. The number of aryl methyl sites for hydroxylation is 2. The maximum atomic E-state index is 12.7. The molecule has 1 fully saturated rings. The van der Waals surface area contributed by atoms with E-state index in [2.05, 4.69) is 30.4 Å². The number of rotatable bonds is 1. The van der Waals surface area contributed by atoms with Crippen molar-refractivity contribution in [2.75, 3.05) is 18.0 Å². The molecule has 2 aliphatic heterocycles. The number of anilines is 1. The predicted octanol–water partition coefficient (Wildman–Crippen LogP) is 2.42. The van der Waals surface area contributed by atoms with Crippen LogP contribution in [0.2, 0.25) is 0 Å². The molecule has 0 radical (unpaired) electrons. The summed E-state index contributed by atoms with van der Waals surface area (Å²) in [7, 11) is 0. The van der Waals surface area contributed by atoms with E-state index in [0.29, 0.717) is 0 Å². The molecule has 2 aliphatic rings. The van der Waals surface area contributed by atoms with Crippen molar-refractivity contribution in [3.63, 3.8) is 0 Å². The van der Waals surface area contributed by atoms with E-state index in [9.17, 15) is 4.79 Å². The van der Waals surface area contributed by atoms with Crippen molar-refractivity contribution in [2.45, 2.75) is 45.1 Å². The van der Waals surface area contributed by atoms with Gasteiger partial charge >= 0.3 is 0 Å². The molecule has 0 bridgehead atoms. The van der Waals surface area contributed by atoms with E-state index >= 15 is 0 Å². The molecule has 3 nitrogen and oxygen atoms in total. The number of amides is 1. The van der Waals surface area contributed by atoms with Crippen LogP contribution in [-0.2, 0) is 11.2 Å². The lowest BCUT2D eigenvalue weighted by molar-refractivity contribution is -0.121. The molecular weight excluding hydrogens is 236 g/mol. The van der Waals surface area contributed by atoms with Gasteiger partial charge in [-0.3, -0.25) is 4.79 Å². The lowest BCUT2D eigenvalue weighted by Crippen LogP contribution is -2.50. The maximum Gasteiger partial charge on any atom is 0.244 e. The Morgan fingerprint density at radius 1 is 1.32 bits per heavy atom. The van der Waals surface area contributed by atoms with Crippen LogP contribution >= 0.6 is 0 Å². The number of piperidine rings is 1. The van der Waals surface area contributed by atoms with Crippen molar-refractivity contribution in [1.82, 2.24) is 5.32 Å². The van der Waals surface area contributed by atoms with Gasteiger partial charge in [-0.2, -0.15) is 0 Å². The van der Waals surface area contributed by atoms with Crippen LogP contribution in [0.25, 0.3) is 0 Å². The summed E-state index contributed by atoms with van der Waals surface area (Å²) in [6, 6.07) is 6.48. The van der Waals surface area contributed by atoms with Crippen molar-refractivity contribution in [2.24, 2.45) is 0 Å². The van der Waals surface area contributed by atoms with Crippen LogP contribution in [0.5, 0.6) is 0 Å². The number of hydrogen-bond acceptors (Lipinski definition) is 2. The lowest BCUT2D eigenvalue weighted by atomic mass is 9.97. The second-order valence-corrected chi connectivity index (χ2v) is 5.73. The maximum absolute atomic E-state index is 12.7. The van der Waals surface area contributed by atoms with E-state index in [1.165, 1.54) is 17.5 Å². The fraction of sp³-hybridized carbons (Fsp3) is 0.562. The van der Waals surface area contributed by atoms with Crippen molar-refractivity contribution >= 4 is 11.6 Å². The van der Waals surface area contributed by atoms with Gasteiger partial charge in [0.05, 0.1) is 6.04 Å². The summed E-state index contributed by atoms with van der Waals surface area (Å²) >= 11 is 0. The Labute approximate surface area is 115 Å². The smallest absolute Gasteiger partial charge is 0.244 e. The summed E-state index contributed by atoms with van der Waals surface area (Å²) in [6.07, 6.45) is 5.52. The molecule has 3 heteroatoms. The molecular formula is C16H22N2O. The molecule has 19 heavy (non-hydrogen) atoms. The van der Waals surface area contributed by atoms with Crippen LogP contribution < -0.4 is 10.2 Å². The summed E-state index contributed by atoms with van der Waals surface area (Å²) in [5, 5.41) is 3.37. The summed E-state index contributed by atoms with van der Waals surface area (Å²) < 4.78 is 0. The van der Waals surface area contributed by atoms with E-state index in [-0.39, 0.29) is 11.9 Å². The number of fused-ring (bicyclic) bond motifs is 1. The van der Waals surface area contributed by atoms with Gasteiger partial charge < -0.3 is 10.2 Å². The highest BCUT2D eigenvalue weighted by Crippen LogP contribution is 2.29. The molecule has 2 heterocycles. The normalized spacial score (nSPS) is 23.0. The molecule has 1 atom stereocenters. The van der Waals surface area contributed by atoms with Crippen molar-refractivity contribution in [3.8, 4) is 0 Å². The number of carbonyl (C=O) groups excluding carboxylic acids is 1. The van der Waals surface area contributed by atoms with Crippen LogP contribution in [0.3, 0.4) is 0 Å². The van der Waals surface area contributed by atoms with Gasteiger partial charge in [-0.15, -0.1) is 0 Å². The van der Waals surface area contributed by atoms with Gasteiger partial charge in [0, 0.05) is 12.2 Å². The van der Waals surface area contributed by atoms with Gasteiger partial charge in [0.1, 0.15) is 0 Å². The third kappa shape index (κ3) is 2.52. The van der Waals surface area contributed by atoms with Crippen molar-refractivity contribution in [1.29, 1.82) is 0 Å². The van der Waals surface area contributed by atoms with Gasteiger partial charge in [0.25, 0.3) is 0 Å². The Bertz CT molecular complexity index is 478. The molecule has 1 unspecified atom stereocenters. The topological polar surface area (TPSA) is 32.3 Å². The van der Waals surface area contributed by atoms with Gasteiger partial charge in [0.15, 0.2) is 0 Å². The summed E-state index contributed by atoms with van der Waals surface area (Å²) in [6.45, 7) is 3.96. The predicted molar refractivity (Wildman–Crippen MR) is 77.5 cm³/mol. The zero-order valence-corrected chi connectivity index (χ0v) is 11.6. The quantitative estimate of drug-likeness (QED) is 0.839. The molecule has 0 aromatic heterocycles. The molecule has 1 aromatic rings. The lowest BCUT2D eigenvalue weighted by Gasteiger charge is -2.34. The number of hydrogen-bond donors (Lipinski definition) is 1. The van der Waals surface area contributed by atoms with Crippen LogP contribution in [0.15, 0.2) is 18.2 Å². The first-order valence-corrected chi connectivity index (χ1v) is 7.40. The van der Waals surface area contributed by atoms with Gasteiger partial charge in [-0.25, -0.2) is 0 Å². The second kappa shape index (κ2) is 5.33. The Morgan fingerprint density at radius 2 is 2.21 bits per heavy atom. The minimum absolute atomic E-state index is 0.0287. The molecule has 0 saturated carbocycles. The highest BCUT2D eigenvalue weighted by Gasteiger charge is 2.29. The van der Waals surface area contributed by atoms with Gasteiger partial charge in [0.2, 0.25) is 5.91 Å². The summed E-state index contributed by atoms with van der Waals surface area (Å²) in [5.74, 6) is 0.268. The van der Waals surface area contributed by atoms with E-state index in [4.69, 9.17) is 0 Å². The molecule has 1 aromatic carbocycles. The van der Waals surface area contributed by atoms with E-state index in [0.717, 1.165) is 44.5 Å². The molecule has 0 aliphatic carbocycles. The number of nitrogens with one attached hydrogen (secondary N) is 1. The van der Waals surface area contributed by atoms with Crippen LogP contribution in [0.4, 0.5) is 5.69 Å². The summed E-state index contributed by atoms with van der Waals surface area (Å²) in [4.78, 5) is 14.7. The zero-order chi connectivity index (χ0) is 13.2. The second-order valence-electron chi connectivity index (χ2n) is 5.73. The number of nitrogens with zero attached hydrogens (tertiary/aromatic N) is 1. The molecule has 1 amide bonds. The van der Waals surface area contributed by atoms with Gasteiger partial charge in [-0.05, 0) is 50.8 Å². The Balaban J connectivity index is 1.84. The van der Waals surface area contributed by atoms with Crippen LogP contribution in [0, 0.1) is 6.92 Å². The first-order valence-electron chi connectivity index (χ1n) is 7.40. The average molecular weight is 258 g/mol. The van der Waals surface area contributed by atoms with E-state index in [1.807, 2.05) is 4.90 Å². The van der Waals surface area contributed by atoms with Crippen LogP contribution in [0.1, 0.15) is 36.8 Å². The third-order valence-corrected chi connectivity index (χ3v) is 4.23. The fourth-order valence-electron chi connectivity index (χ4n) is 3.21. The standard InChI is InChI=1S/C16H22N2O/c1-12-7-8-15-13(11-12)5-4-10-18(15)16(19)14-6-2-3-9-17-14/h7-8,11,14,17H,2-6,9-10H2,1H3. The monoisotopic (exact) mass is 258 g/mol. The Kier molecular flexibility index (Phi) is 3.56. The Hall–Kier alpha value is -1.35. The highest BCUT2D eigenvalue weighted by molar-refractivity contribution is 5.98. The van der Waals surface area contributed by atoms with Crippen molar-refractivity contribution in [3.05, 3.63) is 29.3 Å². The van der Waals surface area contributed by atoms with Crippen LogP contribution in [-0.4, -0.2) is 25.0 Å². The molecule has 3 rings (SSSR count). The first-order chi connectivity index (χ1) is 9.25. The van der Waals surface area contributed by atoms with Gasteiger partial charge in [-0.1, -0.05) is 24.1 Å². The fourth-order valence-corrected chi connectivity index (χ4v) is 3.21. The minimum Gasteiger partial charge on any atom is -0.311 e. The largest absolute Gasteiger partial charge is 0.311 e. The minimum atomic E-state index is 0.0287. The number of carbonyl (C=O) groups is 1. The summed E-state index contributed by atoms with van der Waals surface area (Å²) in [5.41, 5.74) is 3.74. The SMILES string of the molecule is Cc1ccc2c(c1)CCCN2C(=O)C1CCCCN1. The van der Waals surface area contributed by atoms with E-state index < -0.39 is 0 Å². The molecule has 0 spiro atoms. The average Bonchev–Trinajstić information content (AvgIpc) is 2.46.